The lowest BCUT2D eigenvalue weighted by atomic mass is 9.79. The van der Waals surface area contributed by atoms with Crippen LogP contribution < -0.4 is 4.90 Å². The molecule has 0 bridgehead atoms. The molecule has 0 unspecified atom stereocenters. The maximum absolute atomic E-state index is 2.34. The fraction of sp³-hybridized carbons (Fsp3) is 0.333. The normalized spacial score (nSPS) is 20.5. The standard InChI is InChI=1S/C15H17N/c1-2-9-15(10-3-1)16-11-5-8-14(12-16)13-6-4-7-13/h1-3,5,8-10,12-13H,4,6-7,11H2. The molecule has 1 aromatic carbocycles. The Balaban J connectivity index is 1.82. The molecule has 1 fully saturated rings. The van der Waals surface area contributed by atoms with Gasteiger partial charge in [0.25, 0.3) is 0 Å². The zero-order valence-electron chi connectivity index (χ0n) is 9.47. The Morgan fingerprint density at radius 3 is 2.56 bits per heavy atom. The largest absolute Gasteiger partial charge is 0.344 e. The van der Waals surface area contributed by atoms with E-state index in [4.69, 9.17) is 0 Å². The molecule has 82 valence electrons. The minimum absolute atomic E-state index is 0.822. The third-order valence-electron chi connectivity index (χ3n) is 3.58. The Morgan fingerprint density at radius 2 is 1.88 bits per heavy atom. The summed E-state index contributed by atoms with van der Waals surface area (Å²) < 4.78 is 0. The molecule has 1 aromatic rings. The van der Waals surface area contributed by atoms with Crippen LogP contribution in [0.3, 0.4) is 0 Å². The lowest BCUT2D eigenvalue weighted by Gasteiger charge is -2.31. The van der Waals surface area contributed by atoms with Crippen molar-refractivity contribution in [3.63, 3.8) is 0 Å². The van der Waals surface area contributed by atoms with Crippen LogP contribution in [0.25, 0.3) is 0 Å². The number of nitrogens with zero attached hydrogens (tertiary/aromatic N) is 1. The quantitative estimate of drug-likeness (QED) is 0.720. The fourth-order valence-electron chi connectivity index (χ4n) is 2.36. The number of rotatable bonds is 2. The molecule has 1 heteroatoms. The van der Waals surface area contributed by atoms with E-state index >= 15 is 0 Å². The lowest BCUT2D eigenvalue weighted by Crippen LogP contribution is -2.23. The second kappa shape index (κ2) is 4.17. The summed E-state index contributed by atoms with van der Waals surface area (Å²) >= 11 is 0. The first-order valence-electron chi connectivity index (χ1n) is 6.13. The van der Waals surface area contributed by atoms with Crippen LogP contribution in [0, 0.1) is 5.92 Å². The van der Waals surface area contributed by atoms with Gasteiger partial charge in [0.1, 0.15) is 0 Å². The smallest absolute Gasteiger partial charge is 0.0409 e. The average Bonchev–Trinajstić information content (AvgIpc) is 2.28. The number of anilines is 1. The molecule has 1 saturated carbocycles. The van der Waals surface area contributed by atoms with E-state index in [1.165, 1.54) is 30.5 Å². The van der Waals surface area contributed by atoms with Gasteiger partial charge in [-0.15, -0.1) is 0 Å². The van der Waals surface area contributed by atoms with Crippen LogP contribution in [0.5, 0.6) is 0 Å². The molecule has 3 rings (SSSR count). The Bertz CT molecular complexity index is 412. The third kappa shape index (κ3) is 1.78. The van der Waals surface area contributed by atoms with Crippen LogP contribution in [-0.4, -0.2) is 6.54 Å². The minimum Gasteiger partial charge on any atom is -0.344 e. The summed E-state index contributed by atoms with van der Waals surface area (Å²) in [6.45, 7) is 1.00. The fourth-order valence-corrected chi connectivity index (χ4v) is 2.36. The average molecular weight is 211 g/mol. The van der Waals surface area contributed by atoms with Gasteiger partial charge in [0.15, 0.2) is 0 Å². The Kier molecular flexibility index (Phi) is 2.53. The van der Waals surface area contributed by atoms with Crippen LogP contribution in [0.15, 0.2) is 54.3 Å². The SMILES string of the molecule is C1=CC(C2CCC2)=CN(c2ccccc2)C1. The van der Waals surface area contributed by atoms with Crippen molar-refractivity contribution in [1.29, 1.82) is 0 Å². The zero-order chi connectivity index (χ0) is 10.8. The summed E-state index contributed by atoms with van der Waals surface area (Å²) in [5, 5.41) is 0. The van der Waals surface area contributed by atoms with E-state index in [2.05, 4.69) is 53.6 Å². The predicted molar refractivity (Wildman–Crippen MR) is 68.4 cm³/mol. The highest BCUT2D eigenvalue weighted by molar-refractivity contribution is 5.52. The van der Waals surface area contributed by atoms with Gasteiger partial charge >= 0.3 is 0 Å². The third-order valence-corrected chi connectivity index (χ3v) is 3.58. The Labute approximate surface area is 97.1 Å². The maximum atomic E-state index is 2.34. The molecule has 16 heavy (non-hydrogen) atoms. The van der Waals surface area contributed by atoms with E-state index < -0.39 is 0 Å². The van der Waals surface area contributed by atoms with Crippen molar-refractivity contribution in [2.24, 2.45) is 5.92 Å². The summed E-state index contributed by atoms with van der Waals surface area (Å²) in [6.07, 6.45) is 11.1. The van der Waals surface area contributed by atoms with Gasteiger partial charge < -0.3 is 4.90 Å². The molecule has 0 N–H and O–H groups in total. The zero-order valence-corrected chi connectivity index (χ0v) is 9.47. The minimum atomic E-state index is 0.822. The lowest BCUT2D eigenvalue weighted by molar-refractivity contribution is 0.373. The monoisotopic (exact) mass is 211 g/mol. The molecule has 0 saturated heterocycles. The van der Waals surface area contributed by atoms with E-state index in [1.807, 2.05) is 0 Å². The van der Waals surface area contributed by atoms with Crippen LogP contribution in [0.4, 0.5) is 5.69 Å². The van der Waals surface area contributed by atoms with Gasteiger partial charge in [-0.1, -0.05) is 36.8 Å². The van der Waals surface area contributed by atoms with Crippen molar-refractivity contribution in [3.05, 3.63) is 54.3 Å². The molecular weight excluding hydrogens is 194 g/mol. The van der Waals surface area contributed by atoms with E-state index in [0.29, 0.717) is 0 Å². The molecular formula is C15H17N. The van der Waals surface area contributed by atoms with Gasteiger partial charge in [-0.25, -0.2) is 0 Å². The van der Waals surface area contributed by atoms with Crippen LogP contribution in [0.1, 0.15) is 19.3 Å². The predicted octanol–water partition coefficient (Wildman–Crippen LogP) is 3.75. The van der Waals surface area contributed by atoms with Gasteiger partial charge in [0.05, 0.1) is 0 Å². The first-order valence-corrected chi connectivity index (χ1v) is 6.13. The van der Waals surface area contributed by atoms with E-state index in [-0.39, 0.29) is 0 Å². The van der Waals surface area contributed by atoms with Gasteiger partial charge in [-0.05, 0) is 36.5 Å². The van der Waals surface area contributed by atoms with Gasteiger partial charge in [-0.3, -0.25) is 0 Å². The second-order valence-electron chi connectivity index (χ2n) is 4.65. The topological polar surface area (TPSA) is 3.24 Å². The highest BCUT2D eigenvalue weighted by Crippen LogP contribution is 2.35. The molecule has 0 spiro atoms. The number of hydrogen-bond acceptors (Lipinski definition) is 1. The molecule has 2 aliphatic rings. The highest BCUT2D eigenvalue weighted by atomic mass is 15.1. The molecule has 0 atom stereocenters. The summed E-state index contributed by atoms with van der Waals surface area (Å²) in [4.78, 5) is 2.34. The van der Waals surface area contributed by atoms with E-state index in [0.717, 1.165) is 12.5 Å². The first kappa shape index (κ1) is 9.71. The second-order valence-corrected chi connectivity index (χ2v) is 4.65. The summed E-state index contributed by atoms with van der Waals surface area (Å²) in [6, 6.07) is 10.6. The van der Waals surface area contributed by atoms with Crippen molar-refractivity contribution in [2.75, 3.05) is 11.4 Å². The highest BCUT2D eigenvalue weighted by Gasteiger charge is 2.22. The molecule has 1 aliphatic carbocycles. The molecule has 1 nitrogen and oxygen atoms in total. The molecule has 1 heterocycles. The van der Waals surface area contributed by atoms with Crippen molar-refractivity contribution >= 4 is 5.69 Å². The van der Waals surface area contributed by atoms with Crippen molar-refractivity contribution in [2.45, 2.75) is 19.3 Å². The van der Waals surface area contributed by atoms with Crippen LogP contribution in [-0.2, 0) is 0 Å². The first-order chi connectivity index (χ1) is 7.93. The van der Waals surface area contributed by atoms with Gasteiger partial charge in [0.2, 0.25) is 0 Å². The van der Waals surface area contributed by atoms with Crippen molar-refractivity contribution < 1.29 is 0 Å². The summed E-state index contributed by atoms with van der Waals surface area (Å²) in [7, 11) is 0. The Morgan fingerprint density at radius 1 is 1.06 bits per heavy atom. The van der Waals surface area contributed by atoms with Crippen molar-refractivity contribution in [1.82, 2.24) is 0 Å². The number of benzene rings is 1. The number of hydrogen-bond donors (Lipinski definition) is 0. The van der Waals surface area contributed by atoms with Gasteiger partial charge in [-0.2, -0.15) is 0 Å². The maximum Gasteiger partial charge on any atom is 0.0409 e. The number of allylic oxidation sites excluding steroid dienone is 2. The summed E-state index contributed by atoms with van der Waals surface area (Å²) in [5.41, 5.74) is 2.81. The molecule has 0 aromatic heterocycles. The molecule has 0 radical (unpaired) electrons. The molecule has 1 aliphatic heterocycles. The Hall–Kier alpha value is -1.50. The summed E-state index contributed by atoms with van der Waals surface area (Å²) in [5.74, 6) is 0.822. The molecule has 0 amide bonds. The van der Waals surface area contributed by atoms with Gasteiger partial charge in [0, 0.05) is 18.4 Å². The van der Waals surface area contributed by atoms with Crippen LogP contribution in [0.2, 0.25) is 0 Å². The number of para-hydroxylation sites is 1. The van der Waals surface area contributed by atoms with Crippen molar-refractivity contribution in [3.8, 4) is 0 Å². The van der Waals surface area contributed by atoms with Crippen LogP contribution >= 0.6 is 0 Å². The van der Waals surface area contributed by atoms with E-state index in [1.54, 1.807) is 0 Å². The van der Waals surface area contributed by atoms with E-state index in [9.17, 15) is 0 Å².